The van der Waals surface area contributed by atoms with Crippen LogP contribution >= 0.6 is 28.3 Å². The first-order chi connectivity index (χ1) is 6.66. The van der Waals surface area contributed by atoms with Gasteiger partial charge in [-0.25, -0.2) is 0 Å². The van der Waals surface area contributed by atoms with E-state index in [0.29, 0.717) is 22.9 Å². The number of aromatic hydroxyl groups is 1. The highest BCUT2D eigenvalue weighted by atomic mass is 79.9. The van der Waals surface area contributed by atoms with Crippen LogP contribution in [0.5, 0.6) is 5.75 Å². The zero-order valence-electron chi connectivity index (χ0n) is 8.19. The Morgan fingerprint density at radius 3 is 2.67 bits per heavy atom. The third-order valence-electron chi connectivity index (χ3n) is 2.09. The number of aliphatic hydroxyl groups excluding tert-OH is 1. The van der Waals surface area contributed by atoms with Gasteiger partial charge in [-0.3, -0.25) is 0 Å². The summed E-state index contributed by atoms with van der Waals surface area (Å²) < 4.78 is 0.648. The van der Waals surface area contributed by atoms with E-state index in [2.05, 4.69) is 15.9 Å². The Hall–Kier alpha value is -0.290. The minimum absolute atomic E-state index is 0. The van der Waals surface area contributed by atoms with Crippen molar-refractivity contribution in [1.82, 2.24) is 0 Å². The van der Waals surface area contributed by atoms with Gasteiger partial charge in [-0.05, 0) is 34.8 Å². The molecule has 0 saturated heterocycles. The largest absolute Gasteiger partial charge is 0.506 e. The number of nitrogens with two attached hydrogens (primary N) is 1. The van der Waals surface area contributed by atoms with Crippen LogP contribution in [0.25, 0.3) is 0 Å². The van der Waals surface area contributed by atoms with E-state index in [1.807, 2.05) is 6.07 Å². The lowest BCUT2D eigenvalue weighted by Crippen LogP contribution is -2.11. The summed E-state index contributed by atoms with van der Waals surface area (Å²) in [6, 6.07) is 5.16. The van der Waals surface area contributed by atoms with Crippen molar-refractivity contribution in [2.75, 3.05) is 6.61 Å². The molecule has 0 aliphatic carbocycles. The molecular formula is C10H15BrClNO2. The maximum atomic E-state index is 9.68. The van der Waals surface area contributed by atoms with Gasteiger partial charge < -0.3 is 15.9 Å². The Labute approximate surface area is 104 Å². The standard InChI is InChI=1S/C10H14BrNO2.ClH/c11-8-4-1-3-7(10(8)14)9(12)5-2-6-13;/h1,3-4,9,13-14H,2,5-6,12H2;1H/t9-;/m1./s1. The number of aliphatic hydroxyl groups is 1. The van der Waals surface area contributed by atoms with Crippen LogP contribution in [0.15, 0.2) is 22.7 Å². The Morgan fingerprint density at radius 2 is 2.07 bits per heavy atom. The summed E-state index contributed by atoms with van der Waals surface area (Å²) in [5, 5.41) is 18.3. The van der Waals surface area contributed by atoms with Gasteiger partial charge in [0.1, 0.15) is 5.75 Å². The van der Waals surface area contributed by atoms with Crippen molar-refractivity contribution in [3.8, 4) is 5.75 Å². The molecule has 1 atom stereocenters. The maximum Gasteiger partial charge on any atom is 0.134 e. The van der Waals surface area contributed by atoms with Crippen molar-refractivity contribution in [3.63, 3.8) is 0 Å². The Bertz CT molecular complexity index is 309. The fourth-order valence-corrected chi connectivity index (χ4v) is 1.68. The Balaban J connectivity index is 0.00000196. The summed E-state index contributed by atoms with van der Waals surface area (Å²) >= 11 is 3.23. The Kier molecular flexibility index (Phi) is 6.92. The number of benzene rings is 1. The van der Waals surface area contributed by atoms with Gasteiger partial charge in [0, 0.05) is 18.2 Å². The van der Waals surface area contributed by atoms with Crippen LogP contribution in [-0.4, -0.2) is 16.8 Å². The zero-order valence-corrected chi connectivity index (χ0v) is 10.6. The van der Waals surface area contributed by atoms with Crippen molar-refractivity contribution >= 4 is 28.3 Å². The van der Waals surface area contributed by atoms with Crippen molar-refractivity contribution in [2.45, 2.75) is 18.9 Å². The summed E-state index contributed by atoms with van der Waals surface area (Å²) in [7, 11) is 0. The molecule has 0 radical (unpaired) electrons. The van der Waals surface area contributed by atoms with Crippen molar-refractivity contribution in [3.05, 3.63) is 28.2 Å². The van der Waals surface area contributed by atoms with E-state index in [0.717, 1.165) is 0 Å². The first-order valence-corrected chi connectivity index (χ1v) is 5.30. The minimum Gasteiger partial charge on any atom is -0.506 e. The van der Waals surface area contributed by atoms with Crippen molar-refractivity contribution in [2.24, 2.45) is 5.73 Å². The van der Waals surface area contributed by atoms with E-state index in [1.165, 1.54) is 0 Å². The molecule has 4 N–H and O–H groups in total. The molecule has 0 spiro atoms. The molecule has 0 saturated carbocycles. The van der Waals surface area contributed by atoms with E-state index >= 15 is 0 Å². The van der Waals surface area contributed by atoms with Gasteiger partial charge in [0.25, 0.3) is 0 Å². The summed E-state index contributed by atoms with van der Waals surface area (Å²) in [5.74, 6) is 0.193. The molecule has 0 bridgehead atoms. The summed E-state index contributed by atoms with van der Waals surface area (Å²) in [6.07, 6.45) is 1.31. The van der Waals surface area contributed by atoms with Crippen molar-refractivity contribution < 1.29 is 10.2 Å². The van der Waals surface area contributed by atoms with Gasteiger partial charge in [-0.15, -0.1) is 12.4 Å². The van der Waals surface area contributed by atoms with Gasteiger partial charge in [0.05, 0.1) is 4.47 Å². The number of halogens is 2. The smallest absolute Gasteiger partial charge is 0.134 e. The van der Waals surface area contributed by atoms with Gasteiger partial charge in [0.2, 0.25) is 0 Å². The number of para-hydroxylation sites is 1. The monoisotopic (exact) mass is 295 g/mol. The number of phenolic OH excluding ortho intramolecular Hbond substituents is 1. The van der Waals surface area contributed by atoms with Crippen molar-refractivity contribution in [1.29, 1.82) is 0 Å². The molecule has 0 aromatic heterocycles. The molecule has 86 valence electrons. The molecule has 5 heteroatoms. The fourth-order valence-electron chi connectivity index (χ4n) is 1.30. The fraction of sp³-hybridized carbons (Fsp3) is 0.400. The van der Waals surface area contributed by atoms with E-state index in [1.54, 1.807) is 12.1 Å². The maximum absolute atomic E-state index is 9.68. The second-order valence-corrected chi connectivity index (χ2v) is 4.00. The second kappa shape index (κ2) is 7.06. The van der Waals surface area contributed by atoms with Gasteiger partial charge in [0.15, 0.2) is 0 Å². The van der Waals surface area contributed by atoms with Gasteiger partial charge in [-0.1, -0.05) is 12.1 Å². The van der Waals surface area contributed by atoms with Crippen LogP contribution in [0.4, 0.5) is 0 Å². The zero-order chi connectivity index (χ0) is 10.6. The lowest BCUT2D eigenvalue weighted by atomic mass is 10.0. The highest BCUT2D eigenvalue weighted by Crippen LogP contribution is 2.32. The summed E-state index contributed by atoms with van der Waals surface area (Å²) in [4.78, 5) is 0. The lowest BCUT2D eigenvalue weighted by molar-refractivity contribution is 0.279. The highest BCUT2D eigenvalue weighted by Gasteiger charge is 2.11. The average Bonchev–Trinajstić information content (AvgIpc) is 2.18. The number of hydrogen-bond donors (Lipinski definition) is 3. The van der Waals surface area contributed by atoms with Gasteiger partial charge >= 0.3 is 0 Å². The number of phenols is 1. The topological polar surface area (TPSA) is 66.5 Å². The molecule has 0 unspecified atom stereocenters. The predicted molar refractivity (Wildman–Crippen MR) is 66.3 cm³/mol. The van der Waals surface area contributed by atoms with E-state index in [9.17, 15) is 5.11 Å². The summed E-state index contributed by atoms with van der Waals surface area (Å²) in [5.41, 5.74) is 6.57. The van der Waals surface area contributed by atoms with Crippen LogP contribution < -0.4 is 5.73 Å². The third-order valence-corrected chi connectivity index (χ3v) is 2.73. The van der Waals surface area contributed by atoms with Crippen LogP contribution in [-0.2, 0) is 0 Å². The molecule has 15 heavy (non-hydrogen) atoms. The summed E-state index contributed by atoms with van der Waals surface area (Å²) in [6.45, 7) is 0.127. The minimum atomic E-state index is -0.223. The third kappa shape index (κ3) is 3.99. The number of rotatable bonds is 4. The molecule has 0 heterocycles. The van der Waals surface area contributed by atoms with Gasteiger partial charge in [-0.2, -0.15) is 0 Å². The lowest BCUT2D eigenvalue weighted by Gasteiger charge is -2.13. The Morgan fingerprint density at radius 1 is 1.40 bits per heavy atom. The van der Waals surface area contributed by atoms with E-state index in [-0.39, 0.29) is 30.8 Å². The first kappa shape index (κ1) is 14.7. The molecule has 1 rings (SSSR count). The van der Waals surface area contributed by atoms with Crippen LogP contribution in [0, 0.1) is 0 Å². The second-order valence-electron chi connectivity index (χ2n) is 3.15. The first-order valence-electron chi connectivity index (χ1n) is 4.50. The van der Waals surface area contributed by atoms with Crippen LogP contribution in [0.3, 0.4) is 0 Å². The number of hydrogen-bond acceptors (Lipinski definition) is 3. The molecule has 0 amide bonds. The van der Waals surface area contributed by atoms with E-state index in [4.69, 9.17) is 10.8 Å². The molecule has 1 aromatic rings. The van der Waals surface area contributed by atoms with Crippen LogP contribution in [0.1, 0.15) is 24.4 Å². The molecule has 3 nitrogen and oxygen atoms in total. The normalized spacial score (nSPS) is 11.9. The van der Waals surface area contributed by atoms with Crippen LogP contribution in [0.2, 0.25) is 0 Å². The molecular weight excluding hydrogens is 281 g/mol. The molecule has 1 aromatic carbocycles. The highest BCUT2D eigenvalue weighted by molar-refractivity contribution is 9.10. The predicted octanol–water partition coefficient (Wildman–Crippen LogP) is 2.35. The molecule has 0 fully saturated rings. The van der Waals surface area contributed by atoms with E-state index < -0.39 is 0 Å². The quantitative estimate of drug-likeness (QED) is 0.799. The molecule has 0 aliphatic heterocycles. The SMILES string of the molecule is Cl.N[C@H](CCCO)c1cccc(Br)c1O. The average molecular weight is 297 g/mol. The molecule has 0 aliphatic rings.